The van der Waals surface area contributed by atoms with Crippen LogP contribution in [0.4, 0.5) is 4.39 Å². The summed E-state index contributed by atoms with van der Waals surface area (Å²) in [5, 5.41) is 8.04. The van der Waals surface area contributed by atoms with Crippen molar-refractivity contribution in [1.82, 2.24) is 15.1 Å². The molecule has 24 heavy (non-hydrogen) atoms. The number of methoxy groups -OCH3 is 1. The van der Waals surface area contributed by atoms with Gasteiger partial charge in [0.2, 0.25) is 11.8 Å². The van der Waals surface area contributed by atoms with E-state index in [1.807, 2.05) is 13.8 Å². The highest BCUT2D eigenvalue weighted by atomic mass is 19.1. The van der Waals surface area contributed by atoms with Gasteiger partial charge in [0, 0.05) is 6.04 Å². The van der Waals surface area contributed by atoms with Gasteiger partial charge >= 0.3 is 0 Å². The molecule has 2 heterocycles. The monoisotopic (exact) mass is 331 g/mol. The number of hydrogen-bond acceptors (Lipinski definition) is 5. The van der Waals surface area contributed by atoms with Crippen LogP contribution in [0.5, 0.6) is 0 Å². The number of amides is 1. The van der Waals surface area contributed by atoms with Crippen molar-refractivity contribution in [3.05, 3.63) is 53.2 Å². The molecular weight excluding hydrogens is 313 g/mol. The lowest BCUT2D eigenvalue weighted by Crippen LogP contribution is -2.33. The SMILES string of the molecule is COC1=C(c2nnc(Cc3ccc(F)cc3)o2)CN(C(C)C)C1=O. The molecule has 0 spiro atoms. The number of carbonyl (C=O) groups is 1. The average molecular weight is 331 g/mol. The van der Waals surface area contributed by atoms with Crippen LogP contribution in [0.25, 0.3) is 5.57 Å². The fourth-order valence-corrected chi connectivity index (χ4v) is 2.59. The average Bonchev–Trinajstić information content (AvgIpc) is 3.13. The van der Waals surface area contributed by atoms with Gasteiger partial charge in [-0.05, 0) is 31.5 Å². The van der Waals surface area contributed by atoms with E-state index in [-0.39, 0.29) is 29.4 Å². The summed E-state index contributed by atoms with van der Waals surface area (Å²) in [6, 6.07) is 6.14. The highest BCUT2D eigenvalue weighted by molar-refractivity contribution is 6.03. The third kappa shape index (κ3) is 3.02. The number of hydrogen-bond donors (Lipinski definition) is 0. The van der Waals surface area contributed by atoms with Crippen molar-refractivity contribution in [3.8, 4) is 0 Å². The molecule has 126 valence electrons. The maximum Gasteiger partial charge on any atom is 0.290 e. The van der Waals surface area contributed by atoms with Crippen molar-refractivity contribution in [2.45, 2.75) is 26.3 Å². The van der Waals surface area contributed by atoms with Gasteiger partial charge in [-0.15, -0.1) is 10.2 Å². The maximum atomic E-state index is 12.9. The van der Waals surface area contributed by atoms with E-state index >= 15 is 0 Å². The van der Waals surface area contributed by atoms with E-state index in [1.54, 1.807) is 17.0 Å². The predicted molar refractivity (Wildman–Crippen MR) is 84.3 cm³/mol. The Bertz CT molecular complexity index is 781. The number of rotatable bonds is 5. The van der Waals surface area contributed by atoms with E-state index in [4.69, 9.17) is 9.15 Å². The smallest absolute Gasteiger partial charge is 0.290 e. The Morgan fingerprint density at radius 3 is 2.62 bits per heavy atom. The number of carbonyl (C=O) groups excluding carboxylic acids is 1. The molecule has 2 aromatic rings. The standard InChI is InChI=1S/C17H18FN3O3/c1-10(2)21-9-13(15(23-3)17(21)22)16-20-19-14(24-16)8-11-4-6-12(18)7-5-11/h4-7,10H,8-9H2,1-3H3. The van der Waals surface area contributed by atoms with Crippen LogP contribution in [0.1, 0.15) is 31.2 Å². The molecule has 0 atom stereocenters. The summed E-state index contributed by atoms with van der Waals surface area (Å²) in [5.74, 6) is 0.440. The van der Waals surface area contributed by atoms with Crippen LogP contribution in [0.2, 0.25) is 0 Å². The van der Waals surface area contributed by atoms with Gasteiger partial charge in [0.1, 0.15) is 5.82 Å². The lowest BCUT2D eigenvalue weighted by atomic mass is 10.1. The van der Waals surface area contributed by atoms with Gasteiger partial charge in [0.15, 0.2) is 5.76 Å². The zero-order valence-electron chi connectivity index (χ0n) is 13.7. The first kappa shape index (κ1) is 16.2. The predicted octanol–water partition coefficient (Wildman–Crippen LogP) is 2.41. The Morgan fingerprint density at radius 1 is 1.29 bits per heavy atom. The lowest BCUT2D eigenvalue weighted by molar-refractivity contribution is -0.129. The Morgan fingerprint density at radius 2 is 2.00 bits per heavy atom. The van der Waals surface area contributed by atoms with Gasteiger partial charge in [0.05, 0.1) is 25.6 Å². The third-order valence-corrected chi connectivity index (χ3v) is 3.88. The largest absolute Gasteiger partial charge is 0.491 e. The van der Waals surface area contributed by atoms with Gasteiger partial charge in [0.25, 0.3) is 5.91 Å². The summed E-state index contributed by atoms with van der Waals surface area (Å²) in [6.45, 7) is 4.24. The zero-order chi connectivity index (χ0) is 17.3. The van der Waals surface area contributed by atoms with Crippen molar-refractivity contribution >= 4 is 11.5 Å². The number of halogens is 1. The normalized spacial score (nSPS) is 14.9. The van der Waals surface area contributed by atoms with E-state index < -0.39 is 0 Å². The fourth-order valence-electron chi connectivity index (χ4n) is 2.59. The first-order valence-electron chi connectivity index (χ1n) is 7.65. The van der Waals surface area contributed by atoms with E-state index in [2.05, 4.69) is 10.2 Å². The van der Waals surface area contributed by atoms with Crippen molar-refractivity contribution in [2.24, 2.45) is 0 Å². The molecule has 0 saturated heterocycles. The second-order valence-corrected chi connectivity index (χ2v) is 5.84. The molecule has 1 aromatic carbocycles. The minimum absolute atomic E-state index is 0.0433. The number of benzene rings is 1. The fraction of sp³-hybridized carbons (Fsp3) is 0.353. The summed E-state index contributed by atoms with van der Waals surface area (Å²) in [6.07, 6.45) is 0.394. The summed E-state index contributed by atoms with van der Waals surface area (Å²) in [5.41, 5.74) is 1.45. The van der Waals surface area contributed by atoms with E-state index in [0.717, 1.165) is 5.56 Å². The number of aromatic nitrogens is 2. The molecule has 1 aliphatic rings. The highest BCUT2D eigenvalue weighted by Crippen LogP contribution is 2.29. The molecule has 1 amide bonds. The van der Waals surface area contributed by atoms with Crippen molar-refractivity contribution in [1.29, 1.82) is 0 Å². The van der Waals surface area contributed by atoms with E-state index in [1.165, 1.54) is 19.2 Å². The summed E-state index contributed by atoms with van der Waals surface area (Å²) >= 11 is 0. The molecule has 0 saturated carbocycles. The van der Waals surface area contributed by atoms with E-state index in [0.29, 0.717) is 24.4 Å². The highest BCUT2D eigenvalue weighted by Gasteiger charge is 2.36. The molecule has 0 bridgehead atoms. The van der Waals surface area contributed by atoms with Crippen molar-refractivity contribution < 1.29 is 18.3 Å². The molecule has 1 aromatic heterocycles. The molecule has 0 unspecified atom stereocenters. The van der Waals surface area contributed by atoms with Crippen LogP contribution in [0, 0.1) is 5.82 Å². The molecule has 0 fully saturated rings. The molecular formula is C17H18FN3O3. The maximum absolute atomic E-state index is 12.9. The summed E-state index contributed by atoms with van der Waals surface area (Å²) in [7, 11) is 1.45. The van der Waals surface area contributed by atoms with Crippen LogP contribution in [0.3, 0.4) is 0 Å². The second-order valence-electron chi connectivity index (χ2n) is 5.84. The van der Waals surface area contributed by atoms with Crippen LogP contribution >= 0.6 is 0 Å². The van der Waals surface area contributed by atoms with Gasteiger partial charge in [-0.25, -0.2) is 4.39 Å². The van der Waals surface area contributed by atoms with Gasteiger partial charge in [-0.3, -0.25) is 4.79 Å². The number of ether oxygens (including phenoxy) is 1. The zero-order valence-corrected chi connectivity index (χ0v) is 13.7. The molecule has 3 rings (SSSR count). The summed E-state index contributed by atoms with van der Waals surface area (Å²) < 4.78 is 23.9. The van der Waals surface area contributed by atoms with Crippen LogP contribution in [0.15, 0.2) is 34.4 Å². The number of nitrogens with zero attached hydrogens (tertiary/aromatic N) is 3. The van der Waals surface area contributed by atoms with Gasteiger partial charge in [-0.1, -0.05) is 12.1 Å². The van der Waals surface area contributed by atoms with Crippen molar-refractivity contribution in [3.63, 3.8) is 0 Å². The molecule has 1 aliphatic heterocycles. The molecule has 0 aliphatic carbocycles. The van der Waals surface area contributed by atoms with Crippen molar-refractivity contribution in [2.75, 3.05) is 13.7 Å². The van der Waals surface area contributed by atoms with Gasteiger partial charge < -0.3 is 14.1 Å². The van der Waals surface area contributed by atoms with Crippen LogP contribution in [-0.2, 0) is 16.0 Å². The minimum Gasteiger partial charge on any atom is -0.491 e. The van der Waals surface area contributed by atoms with Crippen LogP contribution < -0.4 is 0 Å². The molecule has 6 nitrogen and oxygen atoms in total. The topological polar surface area (TPSA) is 68.5 Å². The Labute approximate surface area is 138 Å². The van der Waals surface area contributed by atoms with Gasteiger partial charge in [-0.2, -0.15) is 0 Å². The first-order chi connectivity index (χ1) is 11.5. The quantitative estimate of drug-likeness (QED) is 0.841. The summed E-state index contributed by atoms with van der Waals surface area (Å²) in [4.78, 5) is 14.0. The Kier molecular flexibility index (Phi) is 4.33. The Hall–Kier alpha value is -2.70. The second kappa shape index (κ2) is 6.43. The molecule has 0 radical (unpaired) electrons. The van der Waals surface area contributed by atoms with Crippen LogP contribution in [-0.4, -0.2) is 40.7 Å². The molecule has 0 N–H and O–H groups in total. The first-order valence-corrected chi connectivity index (χ1v) is 7.65. The lowest BCUT2D eigenvalue weighted by Gasteiger charge is -2.20. The van der Waals surface area contributed by atoms with E-state index in [9.17, 15) is 9.18 Å². The Balaban J connectivity index is 1.83. The third-order valence-electron chi connectivity index (χ3n) is 3.88. The minimum atomic E-state index is -0.293. The molecule has 7 heteroatoms.